The largest absolute Gasteiger partial charge is 0.352 e. The molecule has 0 saturated carbocycles. The van der Waals surface area contributed by atoms with Crippen LogP contribution in [0.4, 0.5) is 0 Å². The molecule has 0 aliphatic heterocycles. The van der Waals surface area contributed by atoms with Gasteiger partial charge in [0.05, 0.1) is 6.42 Å². The van der Waals surface area contributed by atoms with Gasteiger partial charge in [0.2, 0.25) is 5.91 Å². The third-order valence-corrected chi connectivity index (χ3v) is 4.20. The van der Waals surface area contributed by atoms with Gasteiger partial charge in [-0.25, -0.2) is 0 Å². The Morgan fingerprint density at radius 2 is 1.94 bits per heavy atom. The van der Waals surface area contributed by atoms with Gasteiger partial charge in [-0.05, 0) is 36.5 Å². The highest BCUT2D eigenvalue weighted by molar-refractivity contribution is 14.1. The van der Waals surface area contributed by atoms with Crippen LogP contribution in [-0.2, 0) is 11.2 Å². The molecule has 0 saturated heterocycles. The van der Waals surface area contributed by atoms with Gasteiger partial charge in [0.25, 0.3) is 0 Å². The van der Waals surface area contributed by atoms with Crippen LogP contribution >= 0.6 is 22.6 Å². The Kier molecular flexibility index (Phi) is 6.12. The fraction of sp³-hybridized carbons (Fsp3) is 0.533. The molecule has 1 amide bonds. The van der Waals surface area contributed by atoms with E-state index in [0.717, 1.165) is 9.99 Å². The van der Waals surface area contributed by atoms with E-state index < -0.39 is 0 Å². The number of halogens is 1. The Labute approximate surface area is 124 Å². The highest BCUT2D eigenvalue weighted by Crippen LogP contribution is 2.11. The lowest BCUT2D eigenvalue weighted by Gasteiger charge is -2.20. The summed E-state index contributed by atoms with van der Waals surface area (Å²) in [6.45, 7) is 8.45. The van der Waals surface area contributed by atoms with Gasteiger partial charge in [-0.1, -0.05) is 54.6 Å². The van der Waals surface area contributed by atoms with Gasteiger partial charge in [0.1, 0.15) is 0 Å². The Morgan fingerprint density at radius 3 is 2.44 bits per heavy atom. The molecule has 1 aromatic carbocycles. The lowest BCUT2D eigenvalue weighted by atomic mass is 10.0. The summed E-state index contributed by atoms with van der Waals surface area (Å²) in [6.07, 6.45) is 0.473. The van der Waals surface area contributed by atoms with Crippen molar-refractivity contribution in [2.24, 2.45) is 5.92 Å². The molecule has 0 aliphatic carbocycles. The number of nitrogens with one attached hydrogen (secondary N) is 1. The molecular weight excluding hydrogens is 337 g/mol. The molecule has 1 atom stereocenters. The second-order valence-electron chi connectivity index (χ2n) is 5.17. The molecule has 2 nitrogen and oxygen atoms in total. The van der Waals surface area contributed by atoms with E-state index in [1.807, 2.05) is 6.07 Å². The van der Waals surface area contributed by atoms with Crippen molar-refractivity contribution in [3.05, 3.63) is 34.9 Å². The van der Waals surface area contributed by atoms with Crippen molar-refractivity contribution in [1.29, 1.82) is 0 Å². The van der Waals surface area contributed by atoms with E-state index in [-0.39, 0.29) is 11.9 Å². The first-order chi connectivity index (χ1) is 8.43. The van der Waals surface area contributed by atoms with Crippen LogP contribution in [-0.4, -0.2) is 16.4 Å². The van der Waals surface area contributed by atoms with E-state index in [9.17, 15) is 4.79 Å². The van der Waals surface area contributed by atoms with Gasteiger partial charge in [0.15, 0.2) is 0 Å². The van der Waals surface area contributed by atoms with Crippen molar-refractivity contribution in [2.45, 2.75) is 40.2 Å². The van der Waals surface area contributed by atoms with Crippen LogP contribution in [0.2, 0.25) is 0 Å². The molecule has 18 heavy (non-hydrogen) atoms. The molecule has 100 valence electrons. The Hall–Kier alpha value is -0.580. The van der Waals surface area contributed by atoms with Crippen LogP contribution in [0, 0.1) is 19.8 Å². The number of alkyl halides is 1. The second-order valence-corrected chi connectivity index (χ2v) is 6.05. The van der Waals surface area contributed by atoms with Crippen molar-refractivity contribution in [2.75, 3.05) is 4.43 Å². The predicted octanol–water partition coefficient (Wildman–Crippen LogP) is 3.42. The predicted molar refractivity (Wildman–Crippen MR) is 85.3 cm³/mol. The van der Waals surface area contributed by atoms with Crippen LogP contribution < -0.4 is 5.32 Å². The van der Waals surface area contributed by atoms with Crippen molar-refractivity contribution in [3.63, 3.8) is 0 Å². The summed E-state index contributed by atoms with van der Waals surface area (Å²) < 4.78 is 0.952. The molecular formula is C15H22INO. The maximum Gasteiger partial charge on any atom is 0.224 e. The van der Waals surface area contributed by atoms with Gasteiger partial charge in [-0.15, -0.1) is 0 Å². The summed E-state index contributed by atoms with van der Waals surface area (Å²) >= 11 is 2.32. The van der Waals surface area contributed by atoms with E-state index in [2.05, 4.69) is 67.7 Å². The summed E-state index contributed by atoms with van der Waals surface area (Å²) in [5, 5.41) is 3.10. The SMILES string of the molecule is Cc1ccc(CC(=O)NC(CI)C(C)C)cc1C. The standard InChI is InChI=1S/C15H22INO/c1-10(2)14(9-16)17-15(18)8-13-6-5-11(3)12(4)7-13/h5-7,10,14H,8-9H2,1-4H3,(H,17,18). The minimum absolute atomic E-state index is 0.119. The van der Waals surface area contributed by atoms with Crippen LogP contribution in [0.5, 0.6) is 0 Å². The highest BCUT2D eigenvalue weighted by Gasteiger charge is 2.14. The van der Waals surface area contributed by atoms with Gasteiger partial charge in [0, 0.05) is 10.5 Å². The number of benzene rings is 1. The van der Waals surface area contributed by atoms with Crippen molar-refractivity contribution >= 4 is 28.5 Å². The third-order valence-electron chi connectivity index (χ3n) is 3.25. The third kappa shape index (κ3) is 4.59. The maximum absolute atomic E-state index is 12.0. The van der Waals surface area contributed by atoms with E-state index >= 15 is 0 Å². The lowest BCUT2D eigenvalue weighted by molar-refractivity contribution is -0.121. The van der Waals surface area contributed by atoms with Crippen LogP contribution in [0.15, 0.2) is 18.2 Å². The summed E-state index contributed by atoms with van der Waals surface area (Å²) in [4.78, 5) is 12.0. The maximum atomic E-state index is 12.0. The topological polar surface area (TPSA) is 29.1 Å². The summed E-state index contributed by atoms with van der Waals surface area (Å²) in [5.41, 5.74) is 3.60. The second kappa shape index (κ2) is 7.12. The van der Waals surface area contributed by atoms with Gasteiger partial charge < -0.3 is 5.32 Å². The van der Waals surface area contributed by atoms with Crippen LogP contribution in [0.3, 0.4) is 0 Å². The number of amides is 1. The molecule has 0 heterocycles. The number of hydrogen-bond donors (Lipinski definition) is 1. The summed E-state index contributed by atoms with van der Waals surface area (Å²) in [5.74, 6) is 0.597. The lowest BCUT2D eigenvalue weighted by Crippen LogP contribution is -2.40. The minimum Gasteiger partial charge on any atom is -0.352 e. The highest BCUT2D eigenvalue weighted by atomic mass is 127. The Balaban J connectivity index is 2.61. The van der Waals surface area contributed by atoms with E-state index in [0.29, 0.717) is 12.3 Å². The molecule has 0 aromatic heterocycles. The van der Waals surface area contributed by atoms with Crippen molar-refractivity contribution < 1.29 is 4.79 Å². The number of rotatable bonds is 5. The monoisotopic (exact) mass is 359 g/mol. The molecule has 3 heteroatoms. The number of aryl methyl sites for hydroxylation is 2. The van der Waals surface area contributed by atoms with Crippen LogP contribution in [0.25, 0.3) is 0 Å². The first-order valence-corrected chi connectivity index (χ1v) is 7.88. The molecule has 1 N–H and O–H groups in total. The smallest absolute Gasteiger partial charge is 0.224 e. The molecule has 0 spiro atoms. The first kappa shape index (κ1) is 15.5. The average Bonchev–Trinajstić information content (AvgIpc) is 2.30. The van der Waals surface area contributed by atoms with E-state index in [1.165, 1.54) is 11.1 Å². The molecule has 0 bridgehead atoms. The minimum atomic E-state index is 0.119. The average molecular weight is 359 g/mol. The fourth-order valence-corrected chi connectivity index (χ4v) is 2.98. The summed E-state index contributed by atoms with van der Waals surface area (Å²) in [6, 6.07) is 6.49. The van der Waals surface area contributed by atoms with Gasteiger partial charge in [-0.2, -0.15) is 0 Å². The van der Waals surface area contributed by atoms with E-state index in [1.54, 1.807) is 0 Å². The zero-order valence-electron chi connectivity index (χ0n) is 11.6. The molecule has 1 unspecified atom stereocenters. The van der Waals surface area contributed by atoms with Crippen molar-refractivity contribution in [1.82, 2.24) is 5.32 Å². The molecule has 1 rings (SSSR count). The normalized spacial score (nSPS) is 12.6. The molecule has 0 aliphatic rings. The number of hydrogen-bond acceptors (Lipinski definition) is 1. The quantitative estimate of drug-likeness (QED) is 0.634. The number of carbonyl (C=O) groups excluding carboxylic acids is 1. The van der Waals surface area contributed by atoms with E-state index in [4.69, 9.17) is 0 Å². The molecule has 1 aromatic rings. The zero-order valence-corrected chi connectivity index (χ0v) is 13.7. The number of carbonyl (C=O) groups is 1. The molecule has 0 fully saturated rings. The first-order valence-electron chi connectivity index (χ1n) is 6.35. The Bertz CT molecular complexity index is 415. The van der Waals surface area contributed by atoms with Gasteiger partial charge >= 0.3 is 0 Å². The van der Waals surface area contributed by atoms with Crippen molar-refractivity contribution in [3.8, 4) is 0 Å². The summed E-state index contributed by atoms with van der Waals surface area (Å²) in [7, 11) is 0. The van der Waals surface area contributed by atoms with Crippen LogP contribution in [0.1, 0.15) is 30.5 Å². The van der Waals surface area contributed by atoms with Gasteiger partial charge in [-0.3, -0.25) is 4.79 Å². The zero-order chi connectivity index (χ0) is 13.7. The Morgan fingerprint density at radius 1 is 1.28 bits per heavy atom. The fourth-order valence-electron chi connectivity index (χ4n) is 1.74. The molecule has 0 radical (unpaired) electrons.